The quantitative estimate of drug-likeness (QED) is 0.0491. The van der Waals surface area contributed by atoms with E-state index in [2.05, 4.69) is 0 Å². The number of halogens is 6. The Morgan fingerprint density at radius 1 is 0.355 bits per heavy atom. The van der Waals surface area contributed by atoms with Gasteiger partial charge in [0.1, 0.15) is 0 Å². The molecule has 0 saturated carbocycles. The molecule has 0 unspecified atom stereocenters. The van der Waals surface area contributed by atoms with Gasteiger partial charge in [0.25, 0.3) is 0 Å². The minimum atomic E-state index is -5.71. The van der Waals surface area contributed by atoms with Crippen molar-refractivity contribution in [3.63, 3.8) is 0 Å². The molecule has 0 atom stereocenters. The summed E-state index contributed by atoms with van der Waals surface area (Å²) in [6, 6.07) is 61.7. The van der Waals surface area contributed by atoms with E-state index in [1.54, 1.807) is 182 Å². The summed E-state index contributed by atoms with van der Waals surface area (Å²) in [5, 5.41) is 22.1. The van der Waals surface area contributed by atoms with E-state index in [4.69, 9.17) is 22.6 Å². The average Bonchev–Trinajstić information content (AvgIpc) is 3.44. The van der Waals surface area contributed by atoms with Crippen LogP contribution < -0.4 is 45.5 Å². The summed E-state index contributed by atoms with van der Waals surface area (Å²) in [6.07, 6.45) is -10.7. The Bertz CT molecular complexity index is 3070. The van der Waals surface area contributed by atoms with Crippen molar-refractivity contribution in [3.05, 3.63) is 271 Å². The zero-order valence-corrected chi connectivity index (χ0v) is 41.5. The molecular formula is C58H43BF6O9P2. The van der Waals surface area contributed by atoms with Crippen LogP contribution >= 0.6 is 14.1 Å². The molecule has 76 heavy (non-hydrogen) atoms. The molecule has 9 aromatic carbocycles. The third kappa shape index (κ3) is 9.79. The van der Waals surface area contributed by atoms with Crippen molar-refractivity contribution in [2.24, 2.45) is 0 Å². The van der Waals surface area contributed by atoms with Crippen molar-refractivity contribution >= 4 is 65.2 Å². The first kappa shape index (κ1) is 52.6. The van der Waals surface area contributed by atoms with Gasteiger partial charge in [0.15, 0.2) is 0 Å². The van der Waals surface area contributed by atoms with Gasteiger partial charge in [-0.1, -0.05) is 0 Å². The first-order valence-electron chi connectivity index (χ1n) is 23.2. The molecule has 0 amide bonds. The van der Waals surface area contributed by atoms with E-state index >= 15 is 0 Å². The molecule has 18 heteroatoms. The van der Waals surface area contributed by atoms with E-state index in [1.165, 1.54) is 48.5 Å². The third-order valence-corrected chi connectivity index (χ3v) is 22.1. The molecule has 9 nitrogen and oxygen atoms in total. The van der Waals surface area contributed by atoms with Gasteiger partial charge in [-0.3, -0.25) is 0 Å². The standard InChI is InChI=1S/C58H43BF6O9P2/c60-57(61,62)44-39-45(58(63,64)65)41-48(40-44)70-59(73-75(49-25-7-1-8-26-49,50-27-9-2-10-28-50,51-29-11-3-12-30-51)71-46-23-19-21-42(37-46)55(66)67)74-76(52-31-13-4-14-32-52,53-33-15-5-16-34-53,54-35-17-6-18-36-54)72-47-24-20-22-43(38-47)56(68)69/h1-41H,(H,66,67)(H,68,69). The van der Waals surface area contributed by atoms with Crippen LogP contribution in [0, 0.1) is 0 Å². The summed E-state index contributed by atoms with van der Waals surface area (Å²) in [5.74, 6) is -3.87. The molecule has 384 valence electrons. The second kappa shape index (κ2) is 20.8. The van der Waals surface area contributed by atoms with Crippen LogP contribution in [0.5, 0.6) is 17.2 Å². The minimum absolute atomic E-state index is 0.0451. The second-order valence-corrected chi connectivity index (χ2v) is 24.9. The Hall–Kier alpha value is -8.26. The summed E-state index contributed by atoms with van der Waals surface area (Å²) < 4.78 is 127. The number of carbonyl (C=O) groups is 2. The molecular weight excluding hydrogens is 1030 g/mol. The summed E-state index contributed by atoms with van der Waals surface area (Å²) in [7, 11) is -14.0. The summed E-state index contributed by atoms with van der Waals surface area (Å²) in [6.45, 7) is 0. The van der Waals surface area contributed by atoms with E-state index in [9.17, 15) is 46.1 Å². The second-order valence-electron chi connectivity index (χ2n) is 17.1. The van der Waals surface area contributed by atoms with Gasteiger partial charge in [0.2, 0.25) is 0 Å². The molecule has 9 rings (SSSR count). The predicted molar refractivity (Wildman–Crippen MR) is 283 cm³/mol. The maximum absolute atomic E-state index is 14.9. The molecule has 0 heterocycles. The number of aromatic carboxylic acids is 2. The van der Waals surface area contributed by atoms with Crippen LogP contribution in [0.3, 0.4) is 0 Å². The van der Waals surface area contributed by atoms with Crippen LogP contribution in [0.1, 0.15) is 31.8 Å². The number of benzene rings is 9. The van der Waals surface area contributed by atoms with E-state index < -0.39 is 62.6 Å². The van der Waals surface area contributed by atoms with Crippen LogP contribution in [0.15, 0.2) is 249 Å². The summed E-state index contributed by atoms with van der Waals surface area (Å²) in [4.78, 5) is 25.3. The topological polar surface area (TPSA) is 121 Å². The third-order valence-electron chi connectivity index (χ3n) is 12.4. The summed E-state index contributed by atoms with van der Waals surface area (Å²) in [5.41, 5.74) is -3.87. The molecule has 0 radical (unpaired) electrons. The zero-order valence-electron chi connectivity index (χ0n) is 39.7. The Labute approximate surface area is 432 Å². The zero-order chi connectivity index (χ0) is 53.7. The number of carboxylic acids is 2. The van der Waals surface area contributed by atoms with Crippen LogP contribution in [0.25, 0.3) is 0 Å². The Morgan fingerprint density at radius 2 is 0.632 bits per heavy atom. The average molecular weight is 1070 g/mol. The maximum atomic E-state index is 14.9. The van der Waals surface area contributed by atoms with Crippen molar-refractivity contribution in [3.8, 4) is 17.2 Å². The Kier molecular flexibility index (Phi) is 14.4. The molecule has 0 spiro atoms. The monoisotopic (exact) mass is 1070 g/mol. The first-order chi connectivity index (χ1) is 36.4. The molecule has 0 aliphatic heterocycles. The number of alkyl halides is 6. The van der Waals surface area contributed by atoms with E-state index in [0.717, 1.165) is 0 Å². The van der Waals surface area contributed by atoms with Crippen molar-refractivity contribution in [1.29, 1.82) is 0 Å². The number of rotatable bonds is 18. The molecule has 0 saturated heterocycles. The van der Waals surface area contributed by atoms with Gasteiger partial charge in [-0.2, -0.15) is 0 Å². The molecule has 0 aliphatic rings. The van der Waals surface area contributed by atoms with Gasteiger partial charge in [-0.15, -0.1) is 0 Å². The van der Waals surface area contributed by atoms with Gasteiger partial charge in [-0.25, -0.2) is 0 Å². The van der Waals surface area contributed by atoms with Gasteiger partial charge in [0.05, 0.1) is 0 Å². The fraction of sp³-hybridized carbons (Fsp3) is 0.0345. The van der Waals surface area contributed by atoms with Gasteiger partial charge in [-0.05, 0) is 0 Å². The first-order valence-corrected chi connectivity index (χ1v) is 27.4. The summed E-state index contributed by atoms with van der Waals surface area (Å²) >= 11 is 0. The molecule has 0 bridgehead atoms. The molecule has 2 N–H and O–H groups in total. The Balaban J connectivity index is 1.49. The van der Waals surface area contributed by atoms with Crippen molar-refractivity contribution in [1.82, 2.24) is 0 Å². The SMILES string of the molecule is O=C(O)c1cccc(OP(OB(Oc2cc(C(F)(F)F)cc(C(F)(F)F)c2)OP(Oc2cccc(C(=O)O)c2)(c2ccccc2)(c2ccccc2)c2ccccc2)(c2ccccc2)(c2ccccc2)c2ccccc2)c1. The van der Waals surface area contributed by atoms with Crippen LogP contribution in [0.4, 0.5) is 26.3 Å². The van der Waals surface area contributed by atoms with Crippen molar-refractivity contribution < 1.29 is 68.7 Å². The van der Waals surface area contributed by atoms with E-state index in [-0.39, 0.29) is 60.5 Å². The van der Waals surface area contributed by atoms with E-state index in [0.29, 0.717) is 12.1 Å². The Morgan fingerprint density at radius 3 is 0.882 bits per heavy atom. The van der Waals surface area contributed by atoms with Crippen molar-refractivity contribution in [2.75, 3.05) is 0 Å². The molecule has 9 aromatic rings. The molecule has 0 aromatic heterocycles. The number of hydrogen-bond donors (Lipinski definition) is 2. The van der Waals surface area contributed by atoms with Gasteiger partial charge in [0, 0.05) is 0 Å². The predicted octanol–water partition coefficient (Wildman–Crippen LogP) is 12.4. The van der Waals surface area contributed by atoms with Gasteiger partial charge >= 0.3 is 435 Å². The molecule has 0 fully saturated rings. The normalized spacial score (nSPS) is 13.0. The van der Waals surface area contributed by atoms with Crippen molar-refractivity contribution in [2.45, 2.75) is 12.4 Å². The van der Waals surface area contributed by atoms with Crippen LogP contribution in [-0.4, -0.2) is 29.5 Å². The van der Waals surface area contributed by atoms with Gasteiger partial charge < -0.3 is 0 Å². The fourth-order valence-electron chi connectivity index (χ4n) is 9.08. The number of hydrogen-bond acceptors (Lipinski definition) is 7. The van der Waals surface area contributed by atoms with E-state index in [1.807, 2.05) is 0 Å². The van der Waals surface area contributed by atoms with Crippen LogP contribution in [-0.2, 0) is 21.2 Å². The van der Waals surface area contributed by atoms with Crippen LogP contribution in [0.2, 0.25) is 0 Å². The molecule has 0 aliphatic carbocycles. The number of carboxylic acid groups (broad SMARTS) is 2. The fourth-order valence-corrected chi connectivity index (χ4v) is 18.5.